The number of ether oxygens (including phenoxy) is 1. The molecule has 0 unspecified atom stereocenters. The molecule has 148 valence electrons. The third-order valence-electron chi connectivity index (χ3n) is 4.38. The molecule has 0 aliphatic heterocycles. The number of aromatic nitrogens is 1. The van der Waals surface area contributed by atoms with Crippen molar-refractivity contribution < 1.29 is 17.3 Å². The minimum absolute atomic E-state index is 0.0928. The summed E-state index contributed by atoms with van der Waals surface area (Å²) in [7, 11) is -3.96. The molecule has 0 amide bonds. The topological polar surface area (TPSA) is 68.4 Å². The summed E-state index contributed by atoms with van der Waals surface area (Å²) >= 11 is 0. The van der Waals surface area contributed by atoms with Gasteiger partial charge in [-0.3, -0.25) is 0 Å². The van der Waals surface area contributed by atoms with Gasteiger partial charge in [0.15, 0.2) is 11.5 Å². The highest BCUT2D eigenvalue weighted by Gasteiger charge is 2.20. The molecule has 0 aliphatic rings. The summed E-state index contributed by atoms with van der Waals surface area (Å²) in [5, 5.41) is 1.10. The molecule has 0 aliphatic carbocycles. The van der Waals surface area contributed by atoms with Crippen LogP contribution < -0.4 is 8.92 Å². The van der Waals surface area contributed by atoms with E-state index in [1.54, 1.807) is 30.3 Å². The van der Waals surface area contributed by atoms with E-state index in [0.29, 0.717) is 5.75 Å². The van der Waals surface area contributed by atoms with E-state index < -0.39 is 10.1 Å². The average molecular weight is 407 g/mol. The van der Waals surface area contributed by atoms with E-state index >= 15 is 0 Å². The summed E-state index contributed by atoms with van der Waals surface area (Å²) in [4.78, 5) is 3.46. The number of nitrogens with one attached hydrogen (secondary N) is 1. The monoisotopic (exact) mass is 407 g/mol. The zero-order valence-electron chi connectivity index (χ0n) is 16.1. The average Bonchev–Trinajstić information content (AvgIpc) is 3.14. The number of benzene rings is 3. The van der Waals surface area contributed by atoms with Crippen molar-refractivity contribution in [2.75, 3.05) is 0 Å². The second-order valence-electron chi connectivity index (χ2n) is 6.95. The fourth-order valence-electron chi connectivity index (χ4n) is 3.07. The molecule has 0 fully saturated rings. The lowest BCUT2D eigenvalue weighted by Crippen LogP contribution is -2.12. The summed E-state index contributed by atoms with van der Waals surface area (Å²) in [6.45, 7) is 3.76. The second kappa shape index (κ2) is 7.64. The molecule has 0 radical (unpaired) electrons. The van der Waals surface area contributed by atoms with Crippen LogP contribution in [-0.2, 0) is 10.1 Å². The SMILES string of the molecule is CC(C)Oc1cc(-c2cc3ccccc3[nH]2)ccc1OS(=O)(=O)c1ccccc1. The maximum absolute atomic E-state index is 12.6. The molecule has 0 bridgehead atoms. The fourth-order valence-corrected chi connectivity index (χ4v) is 4.03. The number of rotatable bonds is 6. The zero-order valence-corrected chi connectivity index (χ0v) is 16.9. The maximum atomic E-state index is 12.6. The predicted molar refractivity (Wildman–Crippen MR) is 114 cm³/mol. The Labute approximate surface area is 170 Å². The van der Waals surface area contributed by atoms with E-state index in [4.69, 9.17) is 8.92 Å². The molecule has 29 heavy (non-hydrogen) atoms. The van der Waals surface area contributed by atoms with Crippen molar-refractivity contribution in [3.8, 4) is 22.8 Å². The summed E-state index contributed by atoms with van der Waals surface area (Å²) < 4.78 is 36.5. The third-order valence-corrected chi connectivity index (χ3v) is 5.63. The lowest BCUT2D eigenvalue weighted by Gasteiger charge is -2.16. The number of fused-ring (bicyclic) bond motifs is 1. The van der Waals surface area contributed by atoms with E-state index in [1.165, 1.54) is 12.1 Å². The smallest absolute Gasteiger partial charge is 0.339 e. The van der Waals surface area contributed by atoms with Crippen molar-refractivity contribution in [2.45, 2.75) is 24.8 Å². The summed E-state index contributed by atoms with van der Waals surface area (Å²) in [6.07, 6.45) is -0.144. The van der Waals surface area contributed by atoms with Crippen LogP contribution in [-0.4, -0.2) is 19.5 Å². The minimum Gasteiger partial charge on any atom is -0.487 e. The molecule has 0 saturated heterocycles. The Morgan fingerprint density at radius 2 is 1.55 bits per heavy atom. The Morgan fingerprint density at radius 1 is 0.828 bits per heavy atom. The third kappa shape index (κ3) is 4.12. The Hall–Kier alpha value is -3.25. The van der Waals surface area contributed by atoms with Gasteiger partial charge in [-0.25, -0.2) is 0 Å². The van der Waals surface area contributed by atoms with Gasteiger partial charge in [-0.1, -0.05) is 36.4 Å². The molecular weight excluding hydrogens is 386 g/mol. The highest BCUT2D eigenvalue weighted by molar-refractivity contribution is 7.87. The van der Waals surface area contributed by atoms with E-state index in [-0.39, 0.29) is 16.7 Å². The quantitative estimate of drug-likeness (QED) is 0.435. The number of hydrogen-bond acceptors (Lipinski definition) is 4. The molecule has 1 aromatic heterocycles. The molecule has 6 heteroatoms. The largest absolute Gasteiger partial charge is 0.487 e. The standard InChI is InChI=1S/C23H21NO4S/c1-16(2)27-23-15-18(21-14-17-8-6-7-11-20(17)24-21)12-13-22(23)28-29(25,26)19-9-4-3-5-10-19/h3-16,24H,1-2H3. The molecule has 4 aromatic rings. The molecule has 4 rings (SSSR count). The van der Waals surface area contributed by atoms with Crippen molar-refractivity contribution in [1.29, 1.82) is 0 Å². The van der Waals surface area contributed by atoms with Gasteiger partial charge in [0, 0.05) is 22.2 Å². The van der Waals surface area contributed by atoms with Crippen LogP contribution in [0.15, 0.2) is 83.8 Å². The van der Waals surface area contributed by atoms with Gasteiger partial charge in [0.25, 0.3) is 0 Å². The van der Waals surface area contributed by atoms with Crippen LogP contribution in [0.2, 0.25) is 0 Å². The first-order valence-corrected chi connectivity index (χ1v) is 10.7. The maximum Gasteiger partial charge on any atom is 0.339 e. The Bertz CT molecular complexity index is 1210. The molecular formula is C23H21NO4S. The van der Waals surface area contributed by atoms with Crippen molar-refractivity contribution in [2.24, 2.45) is 0 Å². The highest BCUT2D eigenvalue weighted by atomic mass is 32.2. The van der Waals surface area contributed by atoms with Crippen molar-refractivity contribution in [3.05, 3.63) is 78.9 Å². The second-order valence-corrected chi connectivity index (χ2v) is 8.50. The van der Waals surface area contributed by atoms with Gasteiger partial charge < -0.3 is 13.9 Å². The van der Waals surface area contributed by atoms with Gasteiger partial charge >= 0.3 is 10.1 Å². The predicted octanol–water partition coefficient (Wildman–Crippen LogP) is 5.39. The first kappa shape index (κ1) is 19.1. The first-order chi connectivity index (χ1) is 13.9. The van der Waals surface area contributed by atoms with Crippen molar-refractivity contribution >= 4 is 21.0 Å². The number of aromatic amines is 1. The van der Waals surface area contributed by atoms with Gasteiger partial charge in [0.05, 0.1) is 6.10 Å². The molecule has 1 N–H and O–H groups in total. The van der Waals surface area contributed by atoms with Gasteiger partial charge in [0.1, 0.15) is 4.90 Å². The van der Waals surface area contributed by atoms with Crippen LogP contribution in [0.5, 0.6) is 11.5 Å². The van der Waals surface area contributed by atoms with Crippen LogP contribution >= 0.6 is 0 Å². The highest BCUT2D eigenvalue weighted by Crippen LogP contribution is 2.35. The van der Waals surface area contributed by atoms with Gasteiger partial charge in [-0.15, -0.1) is 0 Å². The normalized spacial score (nSPS) is 11.7. The first-order valence-electron chi connectivity index (χ1n) is 9.31. The van der Waals surface area contributed by atoms with Crippen LogP contribution in [0.1, 0.15) is 13.8 Å². The van der Waals surface area contributed by atoms with Crippen molar-refractivity contribution in [3.63, 3.8) is 0 Å². The minimum atomic E-state index is -3.96. The Kier molecular flexibility index (Phi) is 5.03. The molecule has 1 heterocycles. The molecule has 0 atom stereocenters. The summed E-state index contributed by atoms with van der Waals surface area (Å²) in [5.74, 6) is 0.526. The number of para-hydroxylation sites is 1. The molecule has 0 saturated carbocycles. The van der Waals surface area contributed by atoms with E-state index in [2.05, 4.69) is 4.98 Å². The van der Waals surface area contributed by atoms with Crippen LogP contribution in [0.4, 0.5) is 0 Å². The van der Waals surface area contributed by atoms with E-state index in [1.807, 2.05) is 50.2 Å². The number of H-pyrrole nitrogens is 1. The molecule has 0 spiro atoms. The lowest BCUT2D eigenvalue weighted by molar-refractivity contribution is 0.236. The van der Waals surface area contributed by atoms with Crippen LogP contribution in [0, 0.1) is 0 Å². The van der Waals surface area contributed by atoms with Crippen LogP contribution in [0.25, 0.3) is 22.2 Å². The molecule has 5 nitrogen and oxygen atoms in total. The Morgan fingerprint density at radius 3 is 2.28 bits per heavy atom. The van der Waals surface area contributed by atoms with Crippen molar-refractivity contribution in [1.82, 2.24) is 4.98 Å². The fraction of sp³-hybridized carbons (Fsp3) is 0.130. The Balaban J connectivity index is 1.73. The lowest BCUT2D eigenvalue weighted by atomic mass is 10.1. The molecule has 3 aromatic carbocycles. The summed E-state index contributed by atoms with van der Waals surface area (Å²) in [6, 6.07) is 23.3. The zero-order chi connectivity index (χ0) is 20.4. The van der Waals surface area contributed by atoms with Gasteiger partial charge in [0.2, 0.25) is 0 Å². The summed E-state index contributed by atoms with van der Waals surface area (Å²) in [5.41, 5.74) is 2.82. The van der Waals surface area contributed by atoms with Crippen LogP contribution in [0.3, 0.4) is 0 Å². The van der Waals surface area contributed by atoms with E-state index in [0.717, 1.165) is 22.2 Å². The van der Waals surface area contributed by atoms with Gasteiger partial charge in [-0.05, 0) is 56.3 Å². The van der Waals surface area contributed by atoms with Gasteiger partial charge in [-0.2, -0.15) is 8.42 Å². The van der Waals surface area contributed by atoms with E-state index in [9.17, 15) is 8.42 Å². The number of hydrogen-bond donors (Lipinski definition) is 1.